The minimum absolute atomic E-state index is 0.0355. The van der Waals surface area contributed by atoms with Crippen LogP contribution in [0.4, 0.5) is 17.6 Å². The standard InChI is InChI=1S/C17H24F4O3/c1-3-4-7-16(18,17(19,20)21)14(22)6-5-11-10(2)8-13-12(11)9-15(23)24-13/h5-6,10-14,22H,3-4,7-9H2,1-2H3/b6-5+/t10-,11+,12-,13+,14-,16-/m1/s1. The van der Waals surface area contributed by atoms with Gasteiger partial charge in [0.15, 0.2) is 0 Å². The number of unbranched alkanes of at least 4 members (excludes halogenated alkanes) is 1. The second kappa shape index (κ2) is 7.02. The van der Waals surface area contributed by atoms with Crippen LogP contribution in [0.5, 0.6) is 0 Å². The fraction of sp³-hybridized carbons (Fsp3) is 0.824. The van der Waals surface area contributed by atoms with Crippen molar-refractivity contribution in [2.24, 2.45) is 17.8 Å². The van der Waals surface area contributed by atoms with E-state index in [2.05, 4.69) is 0 Å². The summed E-state index contributed by atoms with van der Waals surface area (Å²) in [7, 11) is 0. The van der Waals surface area contributed by atoms with Crippen molar-refractivity contribution < 1.29 is 32.2 Å². The van der Waals surface area contributed by atoms with Crippen molar-refractivity contribution in [2.45, 2.75) is 70.0 Å². The molecule has 0 unspecified atom stereocenters. The number of hydrogen-bond donors (Lipinski definition) is 1. The smallest absolute Gasteiger partial charge is 0.425 e. The van der Waals surface area contributed by atoms with Gasteiger partial charge >= 0.3 is 12.1 Å². The van der Waals surface area contributed by atoms with Crippen LogP contribution in [0, 0.1) is 17.8 Å². The van der Waals surface area contributed by atoms with E-state index in [4.69, 9.17) is 4.74 Å². The molecule has 2 rings (SSSR count). The van der Waals surface area contributed by atoms with Crippen LogP contribution < -0.4 is 0 Å². The van der Waals surface area contributed by atoms with Gasteiger partial charge in [0, 0.05) is 5.92 Å². The molecule has 2 aliphatic rings. The van der Waals surface area contributed by atoms with Gasteiger partial charge in [0.05, 0.1) is 6.42 Å². The molecule has 0 bridgehead atoms. The van der Waals surface area contributed by atoms with Gasteiger partial charge in [-0.3, -0.25) is 4.79 Å². The molecule has 0 radical (unpaired) electrons. The summed E-state index contributed by atoms with van der Waals surface area (Å²) in [4.78, 5) is 11.4. The number of halogens is 4. The lowest BCUT2D eigenvalue weighted by atomic mass is 9.86. The van der Waals surface area contributed by atoms with Crippen molar-refractivity contribution in [3.05, 3.63) is 12.2 Å². The molecule has 0 spiro atoms. The molecule has 1 N–H and O–H groups in total. The lowest BCUT2D eigenvalue weighted by Crippen LogP contribution is -2.50. The van der Waals surface area contributed by atoms with Gasteiger partial charge in [0.25, 0.3) is 0 Å². The summed E-state index contributed by atoms with van der Waals surface area (Å²) in [5, 5.41) is 9.89. The lowest BCUT2D eigenvalue weighted by molar-refractivity contribution is -0.255. The highest BCUT2D eigenvalue weighted by Crippen LogP contribution is 2.46. The van der Waals surface area contributed by atoms with Crippen LogP contribution in [0.25, 0.3) is 0 Å². The molecular formula is C17H24F4O3. The highest BCUT2D eigenvalue weighted by Gasteiger charge is 2.59. The maximum absolute atomic E-state index is 14.5. The monoisotopic (exact) mass is 352 g/mol. The van der Waals surface area contributed by atoms with Gasteiger partial charge in [-0.25, -0.2) is 4.39 Å². The first-order valence-electron chi connectivity index (χ1n) is 8.41. The third kappa shape index (κ3) is 3.60. The summed E-state index contributed by atoms with van der Waals surface area (Å²) in [5.41, 5.74) is -3.65. The van der Waals surface area contributed by atoms with Gasteiger partial charge in [-0.1, -0.05) is 38.8 Å². The molecule has 0 aromatic carbocycles. The Morgan fingerprint density at radius 2 is 2.04 bits per heavy atom. The number of fused-ring (bicyclic) bond motifs is 1. The molecule has 138 valence electrons. The average molecular weight is 352 g/mol. The van der Waals surface area contributed by atoms with E-state index in [-0.39, 0.29) is 42.7 Å². The van der Waals surface area contributed by atoms with E-state index in [0.29, 0.717) is 12.8 Å². The summed E-state index contributed by atoms with van der Waals surface area (Å²) in [5.74, 6) is -0.507. The molecular weight excluding hydrogens is 328 g/mol. The Bertz CT molecular complexity index is 491. The summed E-state index contributed by atoms with van der Waals surface area (Å²) in [6.07, 6.45) is -4.74. The molecule has 1 saturated carbocycles. The van der Waals surface area contributed by atoms with E-state index >= 15 is 0 Å². The third-order valence-corrected chi connectivity index (χ3v) is 5.27. The van der Waals surface area contributed by atoms with Crippen LogP contribution in [-0.2, 0) is 9.53 Å². The van der Waals surface area contributed by atoms with Crippen LogP contribution in [0.2, 0.25) is 0 Å². The maximum Gasteiger partial charge on any atom is 0.425 e. The molecule has 1 aliphatic carbocycles. The summed E-state index contributed by atoms with van der Waals surface area (Å²) in [6.45, 7) is 3.58. The number of esters is 1. The number of allylic oxidation sites excluding steroid dienone is 1. The van der Waals surface area contributed by atoms with Gasteiger partial charge < -0.3 is 9.84 Å². The van der Waals surface area contributed by atoms with Crippen LogP contribution in [0.3, 0.4) is 0 Å². The minimum atomic E-state index is -5.14. The number of aliphatic hydroxyl groups is 1. The number of rotatable bonds is 6. The molecule has 3 nitrogen and oxygen atoms in total. The predicted molar refractivity (Wildman–Crippen MR) is 79.8 cm³/mol. The second-order valence-electron chi connectivity index (χ2n) is 6.98. The first kappa shape index (κ1) is 19.2. The highest BCUT2D eigenvalue weighted by molar-refractivity contribution is 5.72. The molecule has 2 fully saturated rings. The molecule has 0 aromatic rings. The zero-order chi connectivity index (χ0) is 18.1. The number of carbonyl (C=O) groups is 1. The summed E-state index contributed by atoms with van der Waals surface area (Å²) in [6, 6.07) is 0. The number of ether oxygens (including phenoxy) is 1. The number of hydrogen-bond acceptors (Lipinski definition) is 3. The Hall–Kier alpha value is -1.11. The fourth-order valence-electron chi connectivity index (χ4n) is 3.79. The van der Waals surface area contributed by atoms with Gasteiger partial charge in [0.2, 0.25) is 5.67 Å². The molecule has 0 amide bonds. The number of carbonyl (C=O) groups excluding carboxylic acids is 1. The van der Waals surface area contributed by atoms with Crippen LogP contribution in [0.1, 0.15) is 46.0 Å². The quantitative estimate of drug-likeness (QED) is 0.447. The SMILES string of the molecule is CCCC[C@@](F)([C@H](O)/C=C/[C@@H]1[C@H]2CC(=O)O[C@H]2C[C@H]1C)C(F)(F)F. The Morgan fingerprint density at radius 3 is 2.62 bits per heavy atom. The summed E-state index contributed by atoms with van der Waals surface area (Å²) >= 11 is 0. The van der Waals surface area contributed by atoms with E-state index in [0.717, 1.165) is 6.08 Å². The molecule has 7 heteroatoms. The Kier molecular flexibility index (Phi) is 5.62. The first-order chi connectivity index (χ1) is 11.1. The van der Waals surface area contributed by atoms with E-state index in [9.17, 15) is 27.5 Å². The molecule has 24 heavy (non-hydrogen) atoms. The van der Waals surface area contributed by atoms with Crippen molar-refractivity contribution in [3.8, 4) is 0 Å². The Labute approximate surface area is 139 Å². The Balaban J connectivity index is 2.12. The lowest BCUT2D eigenvalue weighted by Gasteiger charge is -2.31. The third-order valence-electron chi connectivity index (χ3n) is 5.27. The predicted octanol–water partition coefficient (Wildman–Crippen LogP) is 3.95. The normalized spacial score (nSPS) is 34.2. The number of aliphatic hydroxyl groups excluding tert-OH is 1. The average Bonchev–Trinajstić information content (AvgIpc) is 2.96. The van der Waals surface area contributed by atoms with Crippen LogP contribution in [-0.4, -0.2) is 35.1 Å². The van der Waals surface area contributed by atoms with E-state index < -0.39 is 24.4 Å². The topological polar surface area (TPSA) is 46.5 Å². The van der Waals surface area contributed by atoms with Crippen LogP contribution >= 0.6 is 0 Å². The van der Waals surface area contributed by atoms with E-state index in [1.807, 2.05) is 6.92 Å². The molecule has 1 heterocycles. The largest absolute Gasteiger partial charge is 0.462 e. The van der Waals surface area contributed by atoms with Crippen molar-refractivity contribution >= 4 is 5.97 Å². The molecule has 1 aliphatic heterocycles. The van der Waals surface area contributed by atoms with Gasteiger partial charge in [-0.2, -0.15) is 13.2 Å². The zero-order valence-corrected chi connectivity index (χ0v) is 13.9. The molecule has 1 saturated heterocycles. The van der Waals surface area contributed by atoms with Crippen LogP contribution in [0.15, 0.2) is 12.2 Å². The van der Waals surface area contributed by atoms with Crippen molar-refractivity contribution in [2.75, 3.05) is 0 Å². The second-order valence-corrected chi connectivity index (χ2v) is 6.98. The Morgan fingerprint density at radius 1 is 1.38 bits per heavy atom. The van der Waals surface area contributed by atoms with Gasteiger partial charge in [-0.15, -0.1) is 0 Å². The van der Waals surface area contributed by atoms with Crippen molar-refractivity contribution in [1.29, 1.82) is 0 Å². The molecule has 0 aromatic heterocycles. The summed E-state index contributed by atoms with van der Waals surface area (Å²) < 4.78 is 58.9. The fourth-order valence-corrected chi connectivity index (χ4v) is 3.79. The first-order valence-corrected chi connectivity index (χ1v) is 8.41. The van der Waals surface area contributed by atoms with Gasteiger partial charge in [0.1, 0.15) is 12.2 Å². The highest BCUT2D eigenvalue weighted by atomic mass is 19.4. The zero-order valence-electron chi connectivity index (χ0n) is 13.9. The molecule has 6 atom stereocenters. The number of alkyl halides is 4. The maximum atomic E-state index is 14.5. The van der Waals surface area contributed by atoms with E-state index in [1.165, 1.54) is 6.08 Å². The minimum Gasteiger partial charge on any atom is -0.462 e. The van der Waals surface area contributed by atoms with Crippen molar-refractivity contribution in [3.63, 3.8) is 0 Å². The van der Waals surface area contributed by atoms with Crippen molar-refractivity contribution in [1.82, 2.24) is 0 Å². The van der Waals surface area contributed by atoms with E-state index in [1.54, 1.807) is 6.92 Å². The van der Waals surface area contributed by atoms with Gasteiger partial charge in [-0.05, 0) is 24.7 Å².